The van der Waals surface area contributed by atoms with Crippen molar-refractivity contribution in [1.82, 2.24) is 4.31 Å². The second-order valence-electron chi connectivity index (χ2n) is 11.4. The van der Waals surface area contributed by atoms with Gasteiger partial charge in [0.15, 0.2) is 0 Å². The molecular weight excluding hydrogens is 587 g/mol. The summed E-state index contributed by atoms with van der Waals surface area (Å²) in [6, 6.07) is 8.20. The molecule has 0 aromatic heterocycles. The second-order valence-corrected chi connectivity index (χ2v) is 14.3. The average molecular weight is 621 g/mol. The molecule has 1 aliphatic heterocycles. The molecule has 2 aliphatic rings. The first-order valence-electron chi connectivity index (χ1n) is 13.1. The Kier molecular flexibility index (Phi) is 9.02. The number of carboxylic acids is 1. The van der Waals surface area contributed by atoms with E-state index in [0.29, 0.717) is 16.3 Å². The summed E-state index contributed by atoms with van der Waals surface area (Å²) in [7, 11) is -0.317. The van der Waals surface area contributed by atoms with E-state index in [1.165, 1.54) is 42.4 Å². The predicted octanol–water partition coefficient (Wildman–Crippen LogP) is 7.12. The molecule has 41 heavy (non-hydrogen) atoms. The summed E-state index contributed by atoms with van der Waals surface area (Å²) in [6.07, 6.45) is -1.14. The van der Waals surface area contributed by atoms with Gasteiger partial charge in [0.25, 0.3) is 0 Å². The molecule has 0 saturated heterocycles. The van der Waals surface area contributed by atoms with Gasteiger partial charge in [-0.2, -0.15) is 0 Å². The molecule has 0 amide bonds. The van der Waals surface area contributed by atoms with Gasteiger partial charge in [0, 0.05) is 55.9 Å². The third-order valence-corrected chi connectivity index (χ3v) is 9.99. The van der Waals surface area contributed by atoms with Crippen LogP contribution in [0, 0.1) is 11.2 Å². The van der Waals surface area contributed by atoms with Crippen molar-refractivity contribution in [3.63, 3.8) is 0 Å². The van der Waals surface area contributed by atoms with Crippen LogP contribution in [0.15, 0.2) is 46.2 Å². The van der Waals surface area contributed by atoms with E-state index in [-0.39, 0.29) is 43.1 Å². The van der Waals surface area contributed by atoms with E-state index >= 15 is 0 Å². The van der Waals surface area contributed by atoms with Crippen molar-refractivity contribution >= 4 is 40.1 Å². The van der Waals surface area contributed by atoms with Crippen molar-refractivity contribution in [3.05, 3.63) is 42.2 Å². The van der Waals surface area contributed by atoms with E-state index in [2.05, 4.69) is 0 Å². The zero-order valence-electron chi connectivity index (χ0n) is 23.1. The standard InChI is InChI=1S/C28H33F5N2O4S2/c1-26(2,25(36)37)16-39-22-12-24-21(11-23(22)40-20-13-28(32,33)14-20)35(18-7-5-6-17(29)10-18)15-19(34(4)41(24)38)8-9-27(3,30)31/h5-7,10-12,19-20H,8-9,13-16H2,1-4H3,(H,36,37). The first-order valence-corrected chi connectivity index (χ1v) is 15.1. The van der Waals surface area contributed by atoms with Crippen LogP contribution in [-0.4, -0.2) is 62.9 Å². The van der Waals surface area contributed by atoms with Gasteiger partial charge in [0.2, 0.25) is 11.8 Å². The number of carboxylic acid groups (broad SMARTS) is 1. The summed E-state index contributed by atoms with van der Waals surface area (Å²) < 4.78 is 90.6. The fraction of sp³-hybridized carbons (Fsp3) is 0.536. The number of alkyl halides is 4. The topological polar surface area (TPSA) is 70.1 Å². The second kappa shape index (κ2) is 11.7. The van der Waals surface area contributed by atoms with Crippen LogP contribution in [-0.2, 0) is 15.8 Å². The van der Waals surface area contributed by atoms with Crippen LogP contribution in [0.1, 0.15) is 46.5 Å². The third-order valence-electron chi connectivity index (χ3n) is 7.22. The molecular formula is C28H33F5N2O4S2. The lowest BCUT2D eigenvalue weighted by Gasteiger charge is -2.35. The van der Waals surface area contributed by atoms with Crippen LogP contribution in [0.4, 0.5) is 33.3 Å². The lowest BCUT2D eigenvalue weighted by atomic mass is 9.94. The van der Waals surface area contributed by atoms with E-state index < -0.39 is 57.7 Å². The highest BCUT2D eigenvalue weighted by Crippen LogP contribution is 2.51. The summed E-state index contributed by atoms with van der Waals surface area (Å²) in [5.41, 5.74) is -0.485. The Morgan fingerprint density at radius 3 is 2.46 bits per heavy atom. The maximum atomic E-state index is 14.3. The van der Waals surface area contributed by atoms with Crippen molar-refractivity contribution in [2.75, 3.05) is 25.1 Å². The minimum Gasteiger partial charge on any atom is -0.491 e. The van der Waals surface area contributed by atoms with Gasteiger partial charge in [-0.15, -0.1) is 11.8 Å². The Balaban J connectivity index is 1.81. The number of anilines is 2. The summed E-state index contributed by atoms with van der Waals surface area (Å²) in [5, 5.41) is 9.12. The number of nitrogens with zero attached hydrogens (tertiary/aromatic N) is 2. The number of fused-ring (bicyclic) bond motifs is 1. The van der Waals surface area contributed by atoms with Crippen LogP contribution in [0.2, 0.25) is 0 Å². The first-order chi connectivity index (χ1) is 19.0. The molecule has 1 aliphatic carbocycles. The van der Waals surface area contributed by atoms with Gasteiger partial charge >= 0.3 is 5.97 Å². The lowest BCUT2D eigenvalue weighted by molar-refractivity contribution is -0.148. The fourth-order valence-corrected chi connectivity index (χ4v) is 7.31. The number of rotatable bonds is 10. The number of carbonyl (C=O) groups is 1. The molecule has 2 aromatic carbocycles. The fourth-order valence-electron chi connectivity index (χ4n) is 4.57. The molecule has 13 heteroatoms. The molecule has 6 nitrogen and oxygen atoms in total. The molecule has 2 atom stereocenters. The van der Waals surface area contributed by atoms with Crippen molar-refractivity contribution in [1.29, 1.82) is 0 Å². The number of aliphatic carboxylic acids is 1. The molecule has 1 N–H and O–H groups in total. The molecule has 0 radical (unpaired) electrons. The maximum Gasteiger partial charge on any atom is 0.312 e. The number of ether oxygens (including phenoxy) is 1. The number of likely N-dealkylation sites (N-methyl/N-ethyl adjacent to an activating group) is 1. The van der Waals surface area contributed by atoms with Crippen LogP contribution in [0.3, 0.4) is 0 Å². The van der Waals surface area contributed by atoms with Crippen LogP contribution in [0.25, 0.3) is 0 Å². The zero-order valence-corrected chi connectivity index (χ0v) is 24.8. The summed E-state index contributed by atoms with van der Waals surface area (Å²) >= 11 is 1.15. The number of halogens is 5. The first kappa shape index (κ1) is 31.6. The molecule has 0 spiro atoms. The Labute approximate surface area is 242 Å². The quantitative estimate of drug-likeness (QED) is 0.286. The summed E-state index contributed by atoms with van der Waals surface area (Å²) in [5.74, 6) is -7.17. The van der Waals surface area contributed by atoms with E-state index in [4.69, 9.17) is 4.74 Å². The van der Waals surface area contributed by atoms with E-state index in [0.717, 1.165) is 18.7 Å². The molecule has 226 valence electrons. The van der Waals surface area contributed by atoms with Crippen LogP contribution in [0.5, 0.6) is 5.75 Å². The van der Waals surface area contributed by atoms with E-state index in [9.17, 15) is 36.1 Å². The Bertz CT molecular complexity index is 1310. The summed E-state index contributed by atoms with van der Waals surface area (Å²) in [4.78, 5) is 14.1. The number of hydrogen-bond donors (Lipinski definition) is 1. The normalized spacial score (nSPS) is 21.6. The molecule has 2 aromatic rings. The molecule has 1 heterocycles. The highest BCUT2D eigenvalue weighted by molar-refractivity contribution is 8.00. The minimum absolute atomic E-state index is 0.000463. The highest BCUT2D eigenvalue weighted by atomic mass is 32.2. The molecule has 1 fully saturated rings. The molecule has 4 rings (SSSR count). The van der Waals surface area contributed by atoms with Crippen molar-refractivity contribution in [2.45, 2.75) is 79.4 Å². The largest absolute Gasteiger partial charge is 0.491 e. The highest BCUT2D eigenvalue weighted by Gasteiger charge is 2.46. The average Bonchev–Trinajstić information content (AvgIpc) is 2.94. The summed E-state index contributed by atoms with van der Waals surface area (Å²) in [6.45, 7) is 3.62. The van der Waals surface area contributed by atoms with Crippen LogP contribution < -0.4 is 9.64 Å². The Morgan fingerprint density at radius 2 is 1.88 bits per heavy atom. The monoisotopic (exact) mass is 620 g/mol. The van der Waals surface area contributed by atoms with Crippen molar-refractivity contribution in [2.24, 2.45) is 5.41 Å². The van der Waals surface area contributed by atoms with Gasteiger partial charge in [-0.1, -0.05) is 6.07 Å². The van der Waals surface area contributed by atoms with E-state index in [1.54, 1.807) is 24.1 Å². The number of benzene rings is 2. The van der Waals surface area contributed by atoms with Gasteiger partial charge < -0.3 is 14.7 Å². The Hall–Kier alpha value is -2.38. The smallest absolute Gasteiger partial charge is 0.312 e. The van der Waals surface area contributed by atoms with Gasteiger partial charge in [-0.05, 0) is 51.5 Å². The van der Waals surface area contributed by atoms with Crippen molar-refractivity contribution in [3.8, 4) is 5.75 Å². The van der Waals surface area contributed by atoms with Crippen LogP contribution >= 0.6 is 11.8 Å². The minimum atomic E-state index is -2.95. The zero-order chi connectivity index (χ0) is 30.3. The Morgan fingerprint density at radius 1 is 1.20 bits per heavy atom. The predicted molar refractivity (Wildman–Crippen MR) is 148 cm³/mol. The van der Waals surface area contributed by atoms with E-state index in [1.807, 2.05) is 0 Å². The molecule has 1 saturated carbocycles. The molecule has 2 unspecified atom stereocenters. The number of hydrogen-bond acceptors (Lipinski definition) is 5. The lowest BCUT2D eigenvalue weighted by Crippen LogP contribution is -2.39. The van der Waals surface area contributed by atoms with Crippen molar-refractivity contribution < 1.29 is 40.8 Å². The van der Waals surface area contributed by atoms with Gasteiger partial charge in [-0.3, -0.25) is 4.79 Å². The maximum absolute atomic E-state index is 14.3. The number of thioether (sulfide) groups is 1. The SMILES string of the molecule is CN1C(CCC(C)(F)F)CN(c2cccc(F)c2)c2cc(SC3CC(F)(F)C3)c(OCC(C)(C)C(=O)O)cc2S1=O. The van der Waals surface area contributed by atoms with Gasteiger partial charge in [0.05, 0.1) is 20.9 Å². The third kappa shape index (κ3) is 7.53. The van der Waals surface area contributed by atoms with Gasteiger partial charge in [0.1, 0.15) is 29.2 Å². The molecule has 0 bridgehead atoms. The van der Waals surface area contributed by atoms with Gasteiger partial charge in [-0.25, -0.2) is 30.5 Å².